The van der Waals surface area contributed by atoms with Gasteiger partial charge in [-0.3, -0.25) is 0 Å². The van der Waals surface area contributed by atoms with Crippen LogP contribution in [0.15, 0.2) is 16.7 Å². The largest absolute Gasteiger partial charge is 0.370 e. The van der Waals surface area contributed by atoms with E-state index in [1.54, 1.807) is 6.07 Å². The Kier molecular flexibility index (Phi) is 3.32. The number of aromatic nitrogens is 2. The SMILES string of the molecule is CCOC(c1noc(-c2ccc(C#N)s2)n1)C1CC1. The summed E-state index contributed by atoms with van der Waals surface area (Å²) in [6.07, 6.45) is 2.26. The van der Waals surface area contributed by atoms with Gasteiger partial charge in [0.1, 0.15) is 17.1 Å². The van der Waals surface area contributed by atoms with Crippen LogP contribution in [-0.2, 0) is 4.74 Å². The second kappa shape index (κ2) is 5.11. The Morgan fingerprint density at radius 3 is 3.05 bits per heavy atom. The zero-order chi connectivity index (χ0) is 13.2. The molecule has 1 aliphatic carbocycles. The van der Waals surface area contributed by atoms with Crippen LogP contribution >= 0.6 is 11.3 Å². The summed E-state index contributed by atoms with van der Waals surface area (Å²) in [5, 5.41) is 12.8. The third-order valence-electron chi connectivity index (χ3n) is 3.02. The van der Waals surface area contributed by atoms with Crippen molar-refractivity contribution < 1.29 is 9.26 Å². The van der Waals surface area contributed by atoms with Crippen molar-refractivity contribution in [3.05, 3.63) is 22.8 Å². The highest BCUT2D eigenvalue weighted by atomic mass is 32.1. The van der Waals surface area contributed by atoms with Crippen molar-refractivity contribution >= 4 is 11.3 Å². The van der Waals surface area contributed by atoms with Crippen molar-refractivity contribution in [1.82, 2.24) is 10.1 Å². The highest BCUT2D eigenvalue weighted by molar-refractivity contribution is 7.15. The first-order valence-corrected chi connectivity index (χ1v) is 7.09. The highest BCUT2D eigenvalue weighted by Gasteiger charge is 2.36. The number of nitrogens with zero attached hydrogens (tertiary/aromatic N) is 3. The fourth-order valence-electron chi connectivity index (χ4n) is 1.96. The van der Waals surface area contributed by atoms with Crippen molar-refractivity contribution in [2.24, 2.45) is 5.92 Å². The molecule has 0 N–H and O–H groups in total. The molecule has 19 heavy (non-hydrogen) atoms. The Morgan fingerprint density at radius 2 is 2.42 bits per heavy atom. The Labute approximate surface area is 114 Å². The summed E-state index contributed by atoms with van der Waals surface area (Å²) in [5.41, 5.74) is 0. The van der Waals surface area contributed by atoms with Crippen LogP contribution in [-0.4, -0.2) is 16.7 Å². The summed E-state index contributed by atoms with van der Waals surface area (Å²) in [5.74, 6) is 1.60. The molecule has 1 saturated carbocycles. The van der Waals surface area contributed by atoms with Crippen molar-refractivity contribution in [3.8, 4) is 16.8 Å². The number of rotatable bonds is 5. The molecule has 2 aromatic heterocycles. The maximum Gasteiger partial charge on any atom is 0.268 e. The van der Waals surface area contributed by atoms with Gasteiger partial charge in [0.25, 0.3) is 5.89 Å². The Hall–Kier alpha value is -1.71. The van der Waals surface area contributed by atoms with Gasteiger partial charge in [-0.1, -0.05) is 5.16 Å². The molecule has 6 heteroatoms. The van der Waals surface area contributed by atoms with Crippen LogP contribution in [0.25, 0.3) is 10.8 Å². The molecular weight excluding hydrogens is 262 g/mol. The lowest BCUT2D eigenvalue weighted by Crippen LogP contribution is -2.08. The van der Waals surface area contributed by atoms with Crippen LogP contribution in [0.2, 0.25) is 0 Å². The molecule has 5 nitrogen and oxygen atoms in total. The molecule has 0 spiro atoms. The summed E-state index contributed by atoms with van der Waals surface area (Å²) in [6, 6.07) is 5.68. The van der Waals surface area contributed by atoms with E-state index < -0.39 is 0 Å². The second-order valence-corrected chi connectivity index (χ2v) is 5.53. The second-order valence-electron chi connectivity index (χ2n) is 4.45. The predicted octanol–water partition coefficient (Wildman–Crippen LogP) is 3.16. The minimum atomic E-state index is -0.0575. The van der Waals surface area contributed by atoms with E-state index in [4.69, 9.17) is 14.5 Å². The zero-order valence-electron chi connectivity index (χ0n) is 10.5. The molecule has 2 aromatic rings. The lowest BCUT2D eigenvalue weighted by atomic mass is 10.2. The van der Waals surface area contributed by atoms with Crippen LogP contribution in [0.4, 0.5) is 0 Å². The lowest BCUT2D eigenvalue weighted by molar-refractivity contribution is 0.0385. The average molecular weight is 275 g/mol. The summed E-state index contributed by atoms with van der Waals surface area (Å²) in [4.78, 5) is 5.86. The van der Waals surface area contributed by atoms with E-state index in [1.807, 2.05) is 13.0 Å². The average Bonchev–Trinajstić information content (AvgIpc) is 2.96. The summed E-state index contributed by atoms with van der Waals surface area (Å²) < 4.78 is 11.0. The summed E-state index contributed by atoms with van der Waals surface area (Å²) in [7, 11) is 0. The Morgan fingerprint density at radius 1 is 1.58 bits per heavy atom. The molecular formula is C13H13N3O2S. The fraction of sp³-hybridized carbons (Fsp3) is 0.462. The molecule has 0 bridgehead atoms. The fourth-order valence-corrected chi connectivity index (χ4v) is 2.69. The van der Waals surface area contributed by atoms with Crippen LogP contribution in [0.5, 0.6) is 0 Å². The summed E-state index contributed by atoms with van der Waals surface area (Å²) in [6.45, 7) is 2.61. The molecule has 1 fully saturated rings. The van der Waals surface area contributed by atoms with E-state index in [0.717, 1.165) is 17.7 Å². The number of ether oxygens (including phenoxy) is 1. The van der Waals surface area contributed by atoms with Gasteiger partial charge in [-0.05, 0) is 37.8 Å². The lowest BCUT2D eigenvalue weighted by Gasteiger charge is -2.10. The van der Waals surface area contributed by atoms with Gasteiger partial charge in [0, 0.05) is 6.61 Å². The molecule has 3 rings (SSSR count). The smallest absolute Gasteiger partial charge is 0.268 e. The van der Waals surface area contributed by atoms with Gasteiger partial charge < -0.3 is 9.26 Å². The van der Waals surface area contributed by atoms with Crippen molar-refractivity contribution in [1.29, 1.82) is 5.26 Å². The molecule has 0 saturated heterocycles. The molecule has 1 atom stereocenters. The highest BCUT2D eigenvalue weighted by Crippen LogP contribution is 2.42. The van der Waals surface area contributed by atoms with Gasteiger partial charge in [0.15, 0.2) is 0 Å². The van der Waals surface area contributed by atoms with Crippen LogP contribution in [0.3, 0.4) is 0 Å². The van der Waals surface area contributed by atoms with Gasteiger partial charge in [-0.2, -0.15) is 10.2 Å². The number of hydrogen-bond acceptors (Lipinski definition) is 6. The number of nitriles is 1. The first-order chi connectivity index (χ1) is 9.31. The normalized spacial score (nSPS) is 16.2. The molecule has 0 aromatic carbocycles. The number of thiophene rings is 1. The van der Waals surface area contributed by atoms with Gasteiger partial charge in [-0.15, -0.1) is 11.3 Å². The molecule has 0 aliphatic heterocycles. The third kappa shape index (κ3) is 2.53. The minimum absolute atomic E-state index is 0.0575. The van der Waals surface area contributed by atoms with Gasteiger partial charge in [0.05, 0.1) is 4.88 Å². The van der Waals surface area contributed by atoms with Crippen molar-refractivity contribution in [2.75, 3.05) is 6.61 Å². The first-order valence-electron chi connectivity index (χ1n) is 6.27. The van der Waals surface area contributed by atoms with Gasteiger partial charge in [0.2, 0.25) is 5.82 Å². The van der Waals surface area contributed by atoms with Gasteiger partial charge in [-0.25, -0.2) is 0 Å². The standard InChI is InChI=1S/C13H13N3O2S/c1-2-17-11(8-3-4-8)12-15-13(18-16-12)10-6-5-9(7-14)19-10/h5-6,8,11H,2-4H2,1H3. The molecule has 0 amide bonds. The molecule has 1 aliphatic rings. The Bertz CT molecular complexity index is 609. The monoisotopic (exact) mass is 275 g/mol. The maximum atomic E-state index is 8.82. The molecule has 98 valence electrons. The Balaban J connectivity index is 1.83. The zero-order valence-corrected chi connectivity index (χ0v) is 11.3. The maximum absolute atomic E-state index is 8.82. The van der Waals surface area contributed by atoms with E-state index in [9.17, 15) is 0 Å². The third-order valence-corrected chi connectivity index (χ3v) is 4.00. The predicted molar refractivity (Wildman–Crippen MR) is 69.4 cm³/mol. The number of hydrogen-bond donors (Lipinski definition) is 0. The molecule has 1 unspecified atom stereocenters. The van der Waals surface area contributed by atoms with Crippen LogP contribution < -0.4 is 0 Å². The van der Waals surface area contributed by atoms with Gasteiger partial charge >= 0.3 is 0 Å². The molecule has 2 heterocycles. The summed E-state index contributed by atoms with van der Waals surface area (Å²) >= 11 is 1.35. The van der Waals surface area contributed by atoms with E-state index in [-0.39, 0.29) is 6.10 Å². The molecule has 0 radical (unpaired) electrons. The van der Waals surface area contributed by atoms with Crippen LogP contribution in [0, 0.1) is 17.2 Å². The van der Waals surface area contributed by atoms with Crippen molar-refractivity contribution in [2.45, 2.75) is 25.9 Å². The first kappa shape index (κ1) is 12.3. The van der Waals surface area contributed by atoms with E-state index >= 15 is 0 Å². The van der Waals surface area contributed by atoms with Crippen molar-refractivity contribution in [3.63, 3.8) is 0 Å². The van der Waals surface area contributed by atoms with E-state index in [0.29, 0.717) is 29.1 Å². The minimum Gasteiger partial charge on any atom is -0.370 e. The quantitative estimate of drug-likeness (QED) is 0.838. The van der Waals surface area contributed by atoms with E-state index in [1.165, 1.54) is 11.3 Å². The topological polar surface area (TPSA) is 71.9 Å². The van der Waals surface area contributed by atoms with Crippen LogP contribution in [0.1, 0.15) is 36.6 Å². The van der Waals surface area contributed by atoms with E-state index in [2.05, 4.69) is 16.2 Å².